The van der Waals surface area contributed by atoms with Gasteiger partial charge in [0.05, 0.1) is 6.10 Å². The molecule has 0 aliphatic carbocycles. The van der Waals surface area contributed by atoms with Crippen LogP contribution in [0.4, 0.5) is 10.2 Å². The molecule has 1 amide bonds. The van der Waals surface area contributed by atoms with Gasteiger partial charge in [-0.25, -0.2) is 4.39 Å². The fraction of sp³-hybridized carbons (Fsp3) is 0.389. The molecule has 25 heavy (non-hydrogen) atoms. The topological polar surface area (TPSA) is 78.4 Å². The van der Waals surface area contributed by atoms with Gasteiger partial charge < -0.3 is 15.3 Å². The number of amides is 1. The fourth-order valence-corrected chi connectivity index (χ4v) is 3.19. The lowest BCUT2D eigenvalue weighted by Crippen LogP contribution is -2.32. The molecule has 1 aromatic heterocycles. The SMILES string of the molecule is CNC(=O)c1ccc(N2CCCC2CC(O)c2ccc(F)cc2)nn1. The van der Waals surface area contributed by atoms with Crippen LogP contribution in [0.5, 0.6) is 0 Å². The molecule has 0 saturated carbocycles. The molecular weight excluding hydrogens is 323 g/mol. The molecule has 0 radical (unpaired) electrons. The van der Waals surface area contributed by atoms with Crippen molar-refractivity contribution in [3.8, 4) is 0 Å². The summed E-state index contributed by atoms with van der Waals surface area (Å²) in [5.41, 5.74) is 0.975. The Bertz CT molecular complexity index is 721. The summed E-state index contributed by atoms with van der Waals surface area (Å²) in [4.78, 5) is 13.7. The van der Waals surface area contributed by atoms with Gasteiger partial charge in [0.15, 0.2) is 11.5 Å². The number of hydrogen-bond donors (Lipinski definition) is 2. The minimum atomic E-state index is -0.663. The smallest absolute Gasteiger partial charge is 0.271 e. The van der Waals surface area contributed by atoms with E-state index in [2.05, 4.69) is 20.4 Å². The van der Waals surface area contributed by atoms with Crippen LogP contribution in [0.25, 0.3) is 0 Å². The number of aromatic nitrogens is 2. The van der Waals surface area contributed by atoms with Crippen LogP contribution in [0, 0.1) is 5.82 Å². The maximum atomic E-state index is 13.0. The third kappa shape index (κ3) is 3.93. The van der Waals surface area contributed by atoms with Crippen molar-refractivity contribution in [2.45, 2.75) is 31.4 Å². The van der Waals surface area contributed by atoms with E-state index >= 15 is 0 Å². The van der Waals surface area contributed by atoms with E-state index in [0.29, 0.717) is 17.8 Å². The average Bonchev–Trinajstić information content (AvgIpc) is 3.09. The molecule has 1 saturated heterocycles. The number of aliphatic hydroxyl groups excluding tert-OH is 1. The van der Waals surface area contributed by atoms with Crippen molar-refractivity contribution in [2.75, 3.05) is 18.5 Å². The van der Waals surface area contributed by atoms with Crippen molar-refractivity contribution >= 4 is 11.7 Å². The van der Waals surface area contributed by atoms with Crippen LogP contribution in [0.15, 0.2) is 36.4 Å². The molecule has 6 nitrogen and oxygen atoms in total. The summed E-state index contributed by atoms with van der Waals surface area (Å²) >= 11 is 0. The van der Waals surface area contributed by atoms with Gasteiger partial charge in [0.2, 0.25) is 0 Å². The number of nitrogens with one attached hydrogen (secondary N) is 1. The van der Waals surface area contributed by atoms with Crippen molar-refractivity contribution < 1.29 is 14.3 Å². The van der Waals surface area contributed by atoms with Crippen molar-refractivity contribution in [1.29, 1.82) is 0 Å². The Labute approximate surface area is 145 Å². The number of hydrogen-bond acceptors (Lipinski definition) is 5. The molecule has 2 atom stereocenters. The summed E-state index contributed by atoms with van der Waals surface area (Å²) in [6.07, 6.45) is 1.81. The van der Waals surface area contributed by atoms with Crippen molar-refractivity contribution in [2.24, 2.45) is 0 Å². The van der Waals surface area contributed by atoms with Gasteiger partial charge in [-0.1, -0.05) is 12.1 Å². The molecule has 2 unspecified atom stereocenters. The van der Waals surface area contributed by atoms with Gasteiger partial charge in [0.25, 0.3) is 5.91 Å². The van der Waals surface area contributed by atoms with Crippen LogP contribution in [0.3, 0.4) is 0 Å². The lowest BCUT2D eigenvalue weighted by Gasteiger charge is -2.27. The van der Waals surface area contributed by atoms with Crippen LogP contribution in [-0.2, 0) is 0 Å². The second-order valence-electron chi connectivity index (χ2n) is 6.15. The van der Waals surface area contributed by atoms with E-state index in [4.69, 9.17) is 0 Å². The largest absolute Gasteiger partial charge is 0.388 e. The quantitative estimate of drug-likeness (QED) is 0.868. The molecule has 0 bridgehead atoms. The summed E-state index contributed by atoms with van der Waals surface area (Å²) in [6.45, 7) is 0.828. The third-order valence-electron chi connectivity index (χ3n) is 4.53. The zero-order valence-corrected chi connectivity index (χ0v) is 14.0. The third-order valence-corrected chi connectivity index (χ3v) is 4.53. The Morgan fingerprint density at radius 3 is 2.72 bits per heavy atom. The lowest BCUT2D eigenvalue weighted by molar-refractivity contribution is 0.0957. The zero-order chi connectivity index (χ0) is 17.8. The minimum absolute atomic E-state index is 0.125. The van der Waals surface area contributed by atoms with Crippen molar-refractivity contribution in [3.63, 3.8) is 0 Å². The van der Waals surface area contributed by atoms with Crippen molar-refractivity contribution in [1.82, 2.24) is 15.5 Å². The Balaban J connectivity index is 1.69. The standard InChI is InChI=1S/C18H21FN4O2/c1-20-18(25)15-8-9-17(22-21-15)23-10-2-3-14(23)11-16(24)12-4-6-13(19)7-5-12/h4-9,14,16,24H,2-3,10-11H2,1H3,(H,20,25). The maximum Gasteiger partial charge on any atom is 0.271 e. The number of carbonyl (C=O) groups is 1. The fourth-order valence-electron chi connectivity index (χ4n) is 3.19. The second-order valence-corrected chi connectivity index (χ2v) is 6.15. The van der Waals surface area contributed by atoms with E-state index in [0.717, 1.165) is 19.4 Å². The van der Waals surface area contributed by atoms with Crippen molar-refractivity contribution in [3.05, 3.63) is 53.5 Å². The molecule has 3 rings (SSSR count). The summed E-state index contributed by atoms with van der Waals surface area (Å²) < 4.78 is 13.0. The van der Waals surface area contributed by atoms with Gasteiger partial charge in [0.1, 0.15) is 5.82 Å². The highest BCUT2D eigenvalue weighted by Crippen LogP contribution is 2.30. The van der Waals surface area contributed by atoms with E-state index in [1.165, 1.54) is 12.1 Å². The Morgan fingerprint density at radius 2 is 2.08 bits per heavy atom. The van der Waals surface area contributed by atoms with E-state index in [9.17, 15) is 14.3 Å². The molecule has 1 aliphatic rings. The van der Waals surface area contributed by atoms with Gasteiger partial charge in [-0.3, -0.25) is 4.79 Å². The van der Waals surface area contributed by atoms with Gasteiger partial charge in [0, 0.05) is 19.6 Å². The van der Waals surface area contributed by atoms with Gasteiger partial charge in [-0.15, -0.1) is 10.2 Å². The molecule has 2 N–H and O–H groups in total. The second kappa shape index (κ2) is 7.57. The first kappa shape index (κ1) is 17.3. The van der Waals surface area contributed by atoms with E-state index < -0.39 is 6.10 Å². The molecule has 1 aliphatic heterocycles. The van der Waals surface area contributed by atoms with E-state index in [1.807, 2.05) is 0 Å². The van der Waals surface area contributed by atoms with E-state index in [-0.39, 0.29) is 23.5 Å². The summed E-state index contributed by atoms with van der Waals surface area (Å²) in [7, 11) is 1.55. The van der Waals surface area contributed by atoms with Gasteiger partial charge in [-0.05, 0) is 49.1 Å². The molecule has 1 fully saturated rings. The zero-order valence-electron chi connectivity index (χ0n) is 14.0. The first-order valence-corrected chi connectivity index (χ1v) is 8.34. The summed E-state index contributed by atoms with van der Waals surface area (Å²) in [6, 6.07) is 9.48. The molecule has 132 valence electrons. The molecule has 2 heterocycles. The number of anilines is 1. The maximum absolute atomic E-state index is 13.0. The highest BCUT2D eigenvalue weighted by molar-refractivity contribution is 5.91. The monoisotopic (exact) mass is 344 g/mol. The lowest BCUT2D eigenvalue weighted by atomic mass is 10.0. The Kier molecular flexibility index (Phi) is 5.23. The number of rotatable bonds is 5. The van der Waals surface area contributed by atoms with E-state index in [1.54, 1.807) is 31.3 Å². The number of benzene rings is 1. The molecule has 1 aromatic carbocycles. The first-order chi connectivity index (χ1) is 12.1. The molecule has 0 spiro atoms. The average molecular weight is 344 g/mol. The summed E-state index contributed by atoms with van der Waals surface area (Å²) in [5, 5.41) is 21.1. The van der Waals surface area contributed by atoms with Crippen LogP contribution >= 0.6 is 0 Å². The molecule has 2 aromatic rings. The van der Waals surface area contributed by atoms with Crippen LogP contribution in [0.2, 0.25) is 0 Å². The molecular formula is C18H21FN4O2. The number of aliphatic hydroxyl groups is 1. The van der Waals surface area contributed by atoms with Crippen LogP contribution in [-0.4, -0.2) is 40.8 Å². The van der Waals surface area contributed by atoms with Gasteiger partial charge in [-0.2, -0.15) is 0 Å². The number of halogens is 1. The minimum Gasteiger partial charge on any atom is -0.388 e. The Hall–Kier alpha value is -2.54. The predicted molar refractivity (Wildman–Crippen MR) is 91.8 cm³/mol. The number of nitrogens with zero attached hydrogens (tertiary/aromatic N) is 3. The number of carbonyl (C=O) groups excluding carboxylic acids is 1. The molecule has 7 heteroatoms. The highest BCUT2D eigenvalue weighted by atomic mass is 19.1. The van der Waals surface area contributed by atoms with Crippen LogP contribution in [0.1, 0.15) is 41.4 Å². The first-order valence-electron chi connectivity index (χ1n) is 8.34. The predicted octanol–water partition coefficient (Wildman–Crippen LogP) is 2.07. The highest BCUT2D eigenvalue weighted by Gasteiger charge is 2.28. The summed E-state index contributed by atoms with van der Waals surface area (Å²) in [5.74, 6) is 0.107. The Morgan fingerprint density at radius 1 is 1.32 bits per heavy atom. The van der Waals surface area contributed by atoms with Gasteiger partial charge >= 0.3 is 0 Å². The normalized spacial score (nSPS) is 18.2. The van der Waals surface area contributed by atoms with Crippen LogP contribution < -0.4 is 10.2 Å².